The molecule has 1 aliphatic heterocycles. The molecule has 0 spiro atoms. The number of carbonyl (C=O) groups is 1. The molecule has 1 N–H and O–H groups in total. The minimum atomic E-state index is -0.325. The van der Waals surface area contributed by atoms with Gasteiger partial charge in [-0.05, 0) is 31.2 Å². The van der Waals surface area contributed by atoms with Crippen LogP contribution in [0.15, 0.2) is 48.7 Å². The fraction of sp³-hybridized carbons (Fsp3) is 0.304. The average molecular weight is 408 g/mol. The lowest BCUT2D eigenvalue weighted by Crippen LogP contribution is -2.26. The van der Waals surface area contributed by atoms with E-state index in [-0.39, 0.29) is 18.3 Å². The average Bonchev–Trinajstić information content (AvgIpc) is 2.94. The molecule has 0 saturated carbocycles. The van der Waals surface area contributed by atoms with Gasteiger partial charge in [0.2, 0.25) is 0 Å². The molecular formula is C23H25FN4O2. The number of amides is 1. The normalized spacial score (nSPS) is 14.0. The molecule has 0 aliphatic carbocycles. The van der Waals surface area contributed by atoms with E-state index in [0.29, 0.717) is 24.3 Å². The third-order valence-electron chi connectivity index (χ3n) is 5.51. The third-order valence-corrected chi connectivity index (χ3v) is 5.51. The highest BCUT2D eigenvalue weighted by atomic mass is 19.1. The van der Waals surface area contributed by atoms with E-state index in [1.54, 1.807) is 24.3 Å². The van der Waals surface area contributed by atoms with Crippen molar-refractivity contribution in [2.75, 3.05) is 13.2 Å². The van der Waals surface area contributed by atoms with Crippen LogP contribution >= 0.6 is 0 Å². The topological polar surface area (TPSA) is 59.4 Å². The first kappa shape index (κ1) is 20.1. The summed E-state index contributed by atoms with van der Waals surface area (Å²) in [5, 5.41) is 7.11. The molecule has 156 valence electrons. The van der Waals surface area contributed by atoms with Gasteiger partial charge >= 0.3 is 0 Å². The number of aromatic nitrogens is 2. The molecule has 0 unspecified atom stereocenters. The summed E-state index contributed by atoms with van der Waals surface area (Å²) in [6, 6.07) is 11.9. The standard InChI is InChI=1S/C23H25FN4O2/c1-16-20(13-26-27(16)2)15-28-9-10-30-22-8-7-17(11-19(22)14-28)23(29)25-12-18-5-3-4-6-21(18)24/h3-8,11,13H,9-10,12,14-15H2,1-2H3,(H,25,29). The lowest BCUT2D eigenvalue weighted by molar-refractivity contribution is 0.0950. The number of rotatable bonds is 5. The van der Waals surface area contributed by atoms with Crippen LogP contribution in [0.4, 0.5) is 4.39 Å². The number of hydrogen-bond acceptors (Lipinski definition) is 4. The van der Waals surface area contributed by atoms with E-state index in [1.165, 1.54) is 11.6 Å². The number of carbonyl (C=O) groups excluding carboxylic acids is 1. The van der Waals surface area contributed by atoms with E-state index in [4.69, 9.17) is 4.74 Å². The Hall–Kier alpha value is -3.19. The molecule has 0 bridgehead atoms. The van der Waals surface area contributed by atoms with Gasteiger partial charge in [0.05, 0.1) is 6.20 Å². The molecule has 0 fully saturated rings. The van der Waals surface area contributed by atoms with E-state index in [0.717, 1.165) is 30.1 Å². The van der Waals surface area contributed by atoms with Gasteiger partial charge in [0.15, 0.2) is 0 Å². The van der Waals surface area contributed by atoms with Crippen molar-refractivity contribution < 1.29 is 13.9 Å². The van der Waals surface area contributed by atoms with Gasteiger partial charge in [-0.2, -0.15) is 5.10 Å². The predicted molar refractivity (Wildman–Crippen MR) is 112 cm³/mol. The molecule has 0 atom stereocenters. The molecule has 30 heavy (non-hydrogen) atoms. The molecule has 1 aliphatic rings. The summed E-state index contributed by atoms with van der Waals surface area (Å²) in [4.78, 5) is 14.9. The summed E-state index contributed by atoms with van der Waals surface area (Å²) in [5.41, 5.74) is 4.28. The van der Waals surface area contributed by atoms with Gasteiger partial charge in [-0.3, -0.25) is 14.4 Å². The highest BCUT2D eigenvalue weighted by Gasteiger charge is 2.19. The molecule has 1 amide bonds. The molecule has 0 radical (unpaired) electrons. The predicted octanol–water partition coefficient (Wildman–Crippen LogP) is 3.19. The fourth-order valence-corrected chi connectivity index (χ4v) is 3.58. The van der Waals surface area contributed by atoms with Crippen molar-refractivity contribution in [3.8, 4) is 5.75 Å². The van der Waals surface area contributed by atoms with Crippen LogP contribution in [0, 0.1) is 12.7 Å². The van der Waals surface area contributed by atoms with Crippen LogP contribution in [0.5, 0.6) is 5.75 Å². The number of nitrogens with one attached hydrogen (secondary N) is 1. The Morgan fingerprint density at radius 1 is 1.23 bits per heavy atom. The third kappa shape index (κ3) is 4.36. The van der Waals surface area contributed by atoms with Gasteiger partial charge in [0.25, 0.3) is 5.91 Å². The van der Waals surface area contributed by atoms with Crippen molar-refractivity contribution in [2.24, 2.45) is 7.05 Å². The van der Waals surface area contributed by atoms with Crippen LogP contribution in [0.1, 0.15) is 32.7 Å². The fourth-order valence-electron chi connectivity index (χ4n) is 3.58. The maximum atomic E-state index is 13.8. The Bertz CT molecular complexity index is 1060. The molecular weight excluding hydrogens is 383 g/mol. The minimum absolute atomic E-state index is 0.144. The Kier molecular flexibility index (Phi) is 5.81. The quantitative estimate of drug-likeness (QED) is 0.705. The smallest absolute Gasteiger partial charge is 0.251 e. The van der Waals surface area contributed by atoms with Gasteiger partial charge < -0.3 is 10.1 Å². The van der Waals surface area contributed by atoms with Gasteiger partial charge in [0.1, 0.15) is 18.2 Å². The Morgan fingerprint density at radius 3 is 2.83 bits per heavy atom. The van der Waals surface area contributed by atoms with E-state index < -0.39 is 0 Å². The van der Waals surface area contributed by atoms with Crippen molar-refractivity contribution in [1.29, 1.82) is 0 Å². The van der Waals surface area contributed by atoms with Crippen LogP contribution in [-0.2, 0) is 26.7 Å². The van der Waals surface area contributed by atoms with E-state index in [1.807, 2.05) is 30.1 Å². The first-order valence-corrected chi connectivity index (χ1v) is 9.98. The number of benzene rings is 2. The molecule has 2 aromatic carbocycles. The summed E-state index contributed by atoms with van der Waals surface area (Å²) in [6.45, 7) is 5.03. The monoisotopic (exact) mass is 408 g/mol. The number of hydrogen-bond donors (Lipinski definition) is 1. The first-order valence-electron chi connectivity index (χ1n) is 9.98. The zero-order valence-corrected chi connectivity index (χ0v) is 17.2. The van der Waals surface area contributed by atoms with E-state index in [2.05, 4.69) is 22.2 Å². The highest BCUT2D eigenvalue weighted by molar-refractivity contribution is 5.94. The van der Waals surface area contributed by atoms with Crippen molar-refractivity contribution in [3.63, 3.8) is 0 Å². The summed E-state index contributed by atoms with van der Waals surface area (Å²) in [7, 11) is 1.94. The molecule has 7 heteroatoms. The van der Waals surface area contributed by atoms with E-state index >= 15 is 0 Å². The summed E-state index contributed by atoms with van der Waals surface area (Å²) >= 11 is 0. The first-order chi connectivity index (χ1) is 14.5. The lowest BCUT2D eigenvalue weighted by Gasteiger charge is -2.19. The second-order valence-corrected chi connectivity index (χ2v) is 7.53. The summed E-state index contributed by atoms with van der Waals surface area (Å²) < 4.78 is 21.5. The van der Waals surface area contributed by atoms with E-state index in [9.17, 15) is 9.18 Å². The summed E-state index contributed by atoms with van der Waals surface area (Å²) in [5.74, 6) is 0.237. The van der Waals surface area contributed by atoms with Crippen molar-refractivity contribution in [3.05, 3.63) is 82.4 Å². The maximum Gasteiger partial charge on any atom is 0.251 e. The van der Waals surface area contributed by atoms with Crippen molar-refractivity contribution >= 4 is 5.91 Å². The second-order valence-electron chi connectivity index (χ2n) is 7.53. The molecule has 4 rings (SSSR count). The number of nitrogens with zero attached hydrogens (tertiary/aromatic N) is 3. The number of ether oxygens (including phenoxy) is 1. The van der Waals surface area contributed by atoms with Crippen LogP contribution in [0.2, 0.25) is 0 Å². The second kappa shape index (κ2) is 8.67. The van der Waals surface area contributed by atoms with Crippen LogP contribution < -0.4 is 10.1 Å². The Morgan fingerprint density at radius 2 is 2.07 bits per heavy atom. The number of aryl methyl sites for hydroxylation is 1. The van der Waals surface area contributed by atoms with Crippen LogP contribution in [-0.4, -0.2) is 33.7 Å². The van der Waals surface area contributed by atoms with Crippen molar-refractivity contribution in [1.82, 2.24) is 20.0 Å². The minimum Gasteiger partial charge on any atom is -0.492 e. The molecule has 3 aromatic rings. The Labute approximate surface area is 175 Å². The molecule has 0 saturated heterocycles. The summed E-state index contributed by atoms with van der Waals surface area (Å²) in [6.07, 6.45) is 1.90. The Balaban J connectivity index is 1.46. The van der Waals surface area contributed by atoms with Gasteiger partial charge in [-0.15, -0.1) is 0 Å². The van der Waals surface area contributed by atoms with Gasteiger partial charge in [-0.25, -0.2) is 4.39 Å². The lowest BCUT2D eigenvalue weighted by atomic mass is 10.1. The van der Waals surface area contributed by atoms with Crippen LogP contribution in [0.25, 0.3) is 0 Å². The highest BCUT2D eigenvalue weighted by Crippen LogP contribution is 2.25. The number of halogens is 1. The molecule has 6 nitrogen and oxygen atoms in total. The maximum absolute atomic E-state index is 13.8. The van der Waals surface area contributed by atoms with Gasteiger partial charge in [0, 0.05) is 61.2 Å². The van der Waals surface area contributed by atoms with Crippen LogP contribution in [0.3, 0.4) is 0 Å². The molecule has 2 heterocycles. The van der Waals surface area contributed by atoms with Gasteiger partial charge in [-0.1, -0.05) is 18.2 Å². The zero-order chi connectivity index (χ0) is 21.1. The largest absolute Gasteiger partial charge is 0.492 e. The van der Waals surface area contributed by atoms with Crippen molar-refractivity contribution in [2.45, 2.75) is 26.6 Å². The number of fused-ring (bicyclic) bond motifs is 1. The SMILES string of the molecule is Cc1c(CN2CCOc3ccc(C(=O)NCc4ccccc4F)cc3C2)cnn1C. The zero-order valence-electron chi connectivity index (χ0n) is 17.2. The molecule has 1 aromatic heterocycles.